The van der Waals surface area contributed by atoms with Gasteiger partial charge < -0.3 is 9.73 Å². The summed E-state index contributed by atoms with van der Waals surface area (Å²) in [6.07, 6.45) is 3.35. The maximum Gasteiger partial charge on any atom is 0.259 e. The van der Waals surface area contributed by atoms with Gasteiger partial charge in [0.25, 0.3) is 11.8 Å². The van der Waals surface area contributed by atoms with E-state index in [0.717, 1.165) is 12.8 Å². The Morgan fingerprint density at radius 3 is 2.40 bits per heavy atom. The molecule has 0 saturated heterocycles. The van der Waals surface area contributed by atoms with Crippen molar-refractivity contribution < 1.29 is 22.8 Å². The Labute approximate surface area is 229 Å². The fourth-order valence-corrected chi connectivity index (χ4v) is 4.95. The van der Waals surface area contributed by atoms with E-state index >= 15 is 4.39 Å². The molecule has 2 amide bonds. The lowest BCUT2D eigenvalue weighted by Gasteiger charge is -2.22. The van der Waals surface area contributed by atoms with Crippen molar-refractivity contribution in [1.29, 1.82) is 0 Å². The number of pyridine rings is 1. The van der Waals surface area contributed by atoms with Crippen LogP contribution in [0, 0.1) is 18.6 Å². The number of furan rings is 1. The third-order valence-corrected chi connectivity index (χ3v) is 7.18. The summed E-state index contributed by atoms with van der Waals surface area (Å²) in [7, 11) is 1.52. The minimum absolute atomic E-state index is 0.0255. The van der Waals surface area contributed by atoms with Crippen molar-refractivity contribution >= 4 is 28.6 Å². The van der Waals surface area contributed by atoms with E-state index in [1.807, 2.05) is 6.07 Å². The number of carbonyl (C=O) groups excluding carboxylic acids is 2. The van der Waals surface area contributed by atoms with Gasteiger partial charge in [-0.3, -0.25) is 14.5 Å². The van der Waals surface area contributed by atoms with Crippen LogP contribution < -0.4 is 10.2 Å². The lowest BCUT2D eigenvalue weighted by Crippen LogP contribution is -2.33. The monoisotopic (exact) mass is 537 g/mol. The number of carbonyl (C=O) groups is 2. The summed E-state index contributed by atoms with van der Waals surface area (Å²) in [5, 5.41) is 3.15. The number of hydrogen-bond acceptors (Lipinski definition) is 4. The van der Waals surface area contributed by atoms with Gasteiger partial charge in [0.1, 0.15) is 28.8 Å². The number of halogens is 2. The predicted molar refractivity (Wildman–Crippen MR) is 149 cm³/mol. The van der Waals surface area contributed by atoms with Crippen LogP contribution in [0.15, 0.2) is 83.4 Å². The van der Waals surface area contributed by atoms with Crippen molar-refractivity contribution in [2.24, 2.45) is 0 Å². The normalized spacial score (nSPS) is 12.9. The molecule has 200 valence electrons. The molecule has 40 heavy (non-hydrogen) atoms. The molecule has 5 aromatic rings. The zero-order chi connectivity index (χ0) is 28.0. The third-order valence-electron chi connectivity index (χ3n) is 7.18. The number of aromatic nitrogens is 1. The van der Waals surface area contributed by atoms with E-state index in [1.165, 1.54) is 25.2 Å². The van der Waals surface area contributed by atoms with Gasteiger partial charge in [-0.15, -0.1) is 0 Å². The molecule has 3 aromatic carbocycles. The molecule has 2 aromatic heterocycles. The van der Waals surface area contributed by atoms with Gasteiger partial charge in [-0.2, -0.15) is 0 Å². The molecule has 6 rings (SSSR count). The molecule has 0 atom stereocenters. The van der Waals surface area contributed by atoms with Gasteiger partial charge in [0.15, 0.2) is 0 Å². The Balaban J connectivity index is 1.47. The molecule has 6 nitrogen and oxygen atoms in total. The SMILES string of the molecule is CNC(=O)c1c(-c2ccc(F)cc2)oc2ccc(-c3cc(C(=O)N(c4ccccn4)C4CC4)cc(F)c3C)cc12. The number of anilines is 1. The number of benzene rings is 3. The number of amides is 2. The van der Waals surface area contributed by atoms with Crippen LogP contribution in [0.5, 0.6) is 0 Å². The summed E-state index contributed by atoms with van der Waals surface area (Å²) in [5.74, 6) is -0.787. The van der Waals surface area contributed by atoms with Gasteiger partial charge in [0.2, 0.25) is 0 Å². The number of rotatable bonds is 6. The molecular weight excluding hydrogens is 512 g/mol. The molecule has 0 radical (unpaired) electrons. The van der Waals surface area contributed by atoms with Crippen molar-refractivity contribution in [3.05, 3.63) is 107 Å². The van der Waals surface area contributed by atoms with E-state index in [0.29, 0.717) is 44.8 Å². The van der Waals surface area contributed by atoms with Crippen molar-refractivity contribution in [1.82, 2.24) is 10.3 Å². The van der Waals surface area contributed by atoms with E-state index < -0.39 is 11.6 Å². The Hall–Kier alpha value is -4.85. The fraction of sp³-hybridized carbons (Fsp3) is 0.156. The maximum absolute atomic E-state index is 15.3. The lowest BCUT2D eigenvalue weighted by molar-refractivity contribution is 0.0962. The first kappa shape index (κ1) is 25.4. The first-order valence-corrected chi connectivity index (χ1v) is 13.0. The van der Waals surface area contributed by atoms with Crippen molar-refractivity contribution in [3.63, 3.8) is 0 Å². The minimum Gasteiger partial charge on any atom is -0.455 e. The second-order valence-electron chi connectivity index (χ2n) is 9.83. The molecule has 0 spiro atoms. The van der Waals surface area contributed by atoms with Crippen molar-refractivity contribution in [3.8, 4) is 22.5 Å². The van der Waals surface area contributed by atoms with Crippen LogP contribution in [-0.4, -0.2) is 29.9 Å². The van der Waals surface area contributed by atoms with E-state index in [-0.39, 0.29) is 29.0 Å². The zero-order valence-corrected chi connectivity index (χ0v) is 21.9. The van der Waals surface area contributed by atoms with Crippen LogP contribution in [0.3, 0.4) is 0 Å². The highest BCUT2D eigenvalue weighted by Gasteiger charge is 2.35. The van der Waals surface area contributed by atoms with Crippen LogP contribution in [0.25, 0.3) is 33.4 Å². The van der Waals surface area contributed by atoms with E-state index in [9.17, 15) is 14.0 Å². The van der Waals surface area contributed by atoms with Gasteiger partial charge in [0.05, 0.1) is 5.56 Å². The summed E-state index contributed by atoms with van der Waals surface area (Å²) in [6.45, 7) is 1.65. The quantitative estimate of drug-likeness (QED) is 0.255. The molecule has 2 heterocycles. The number of nitrogens with one attached hydrogen (secondary N) is 1. The Kier molecular flexibility index (Phi) is 6.38. The minimum atomic E-state index is -0.511. The molecule has 0 unspecified atom stereocenters. The molecular formula is C32H25F2N3O3. The predicted octanol–water partition coefficient (Wildman–Crippen LogP) is 6.92. The van der Waals surface area contributed by atoms with E-state index in [1.54, 1.807) is 66.6 Å². The average Bonchev–Trinajstić information content (AvgIpc) is 3.73. The summed E-state index contributed by atoms with van der Waals surface area (Å²) in [5.41, 5.74) is 2.99. The maximum atomic E-state index is 15.3. The Morgan fingerprint density at radius 2 is 1.73 bits per heavy atom. The summed E-state index contributed by atoms with van der Waals surface area (Å²) in [6, 6.07) is 19.2. The topological polar surface area (TPSA) is 75.4 Å². The fourth-order valence-electron chi connectivity index (χ4n) is 4.95. The van der Waals surface area contributed by atoms with E-state index in [2.05, 4.69) is 10.3 Å². The smallest absolute Gasteiger partial charge is 0.259 e. The molecule has 8 heteroatoms. The molecule has 0 aliphatic heterocycles. The number of hydrogen-bond donors (Lipinski definition) is 1. The van der Waals surface area contributed by atoms with Crippen LogP contribution in [0.4, 0.5) is 14.6 Å². The summed E-state index contributed by atoms with van der Waals surface area (Å²) >= 11 is 0. The Bertz CT molecular complexity index is 1760. The largest absolute Gasteiger partial charge is 0.455 e. The van der Waals surface area contributed by atoms with E-state index in [4.69, 9.17) is 4.42 Å². The molecule has 1 aliphatic carbocycles. The van der Waals surface area contributed by atoms with Gasteiger partial charge in [-0.05, 0) is 97.1 Å². The molecule has 1 saturated carbocycles. The molecule has 1 fully saturated rings. The van der Waals surface area contributed by atoms with Crippen LogP contribution in [0.2, 0.25) is 0 Å². The van der Waals surface area contributed by atoms with Crippen LogP contribution in [0.1, 0.15) is 39.1 Å². The van der Waals surface area contributed by atoms with Gasteiger partial charge in [0, 0.05) is 35.8 Å². The third kappa shape index (κ3) is 4.51. The van der Waals surface area contributed by atoms with Crippen molar-refractivity contribution in [2.75, 3.05) is 11.9 Å². The van der Waals surface area contributed by atoms with Crippen molar-refractivity contribution in [2.45, 2.75) is 25.8 Å². The zero-order valence-electron chi connectivity index (χ0n) is 21.9. The summed E-state index contributed by atoms with van der Waals surface area (Å²) in [4.78, 5) is 32.6. The average molecular weight is 538 g/mol. The van der Waals surface area contributed by atoms with Crippen LogP contribution >= 0.6 is 0 Å². The molecule has 0 bridgehead atoms. The molecule has 1 aliphatic rings. The van der Waals surface area contributed by atoms with Gasteiger partial charge >= 0.3 is 0 Å². The highest BCUT2D eigenvalue weighted by Crippen LogP contribution is 2.38. The second-order valence-corrected chi connectivity index (χ2v) is 9.83. The number of nitrogens with zero attached hydrogens (tertiary/aromatic N) is 2. The summed E-state index contributed by atoms with van der Waals surface area (Å²) < 4.78 is 34.9. The molecule has 1 N–H and O–H groups in total. The highest BCUT2D eigenvalue weighted by atomic mass is 19.1. The Morgan fingerprint density at radius 1 is 0.975 bits per heavy atom. The first-order chi connectivity index (χ1) is 19.4. The first-order valence-electron chi connectivity index (χ1n) is 13.0. The lowest BCUT2D eigenvalue weighted by atomic mass is 9.95. The van der Waals surface area contributed by atoms with Gasteiger partial charge in [-0.1, -0.05) is 12.1 Å². The highest BCUT2D eigenvalue weighted by molar-refractivity contribution is 6.12. The standard InChI is InChI=1S/C32H25F2N3O3/c1-18-24(16-21(17-26(18)34)32(39)37(23-11-12-23)28-5-3-4-14-36-28)20-8-13-27-25(15-20)29(31(38)35-2)30(40-27)19-6-9-22(33)10-7-19/h3-10,13-17,23H,11-12H2,1-2H3,(H,35,38). The van der Waals surface area contributed by atoms with Crippen LogP contribution in [-0.2, 0) is 0 Å². The second kappa shape index (κ2) is 10.0. The number of fused-ring (bicyclic) bond motifs is 1. The van der Waals surface area contributed by atoms with Gasteiger partial charge in [-0.25, -0.2) is 13.8 Å².